The molecule has 0 bridgehead atoms. The highest BCUT2D eigenvalue weighted by atomic mass is 16.2. The maximum Gasteiger partial charge on any atom is 0.261 e. The molecule has 3 aromatic carbocycles. The lowest BCUT2D eigenvalue weighted by atomic mass is 9.99. The van der Waals surface area contributed by atoms with Gasteiger partial charge in [-0.25, -0.2) is 0 Å². The first-order valence-corrected chi connectivity index (χ1v) is 8.66. The minimum absolute atomic E-state index is 0.0237. The van der Waals surface area contributed by atoms with Crippen LogP contribution in [-0.2, 0) is 0 Å². The summed E-state index contributed by atoms with van der Waals surface area (Å²) < 4.78 is 1.69. The Bertz CT molecular complexity index is 972. The van der Waals surface area contributed by atoms with E-state index < -0.39 is 0 Å². The Balaban J connectivity index is 1.83. The molecule has 0 atom stereocenters. The number of carbonyl (C=O) groups excluding carboxylic acids is 1. The second-order valence-corrected chi connectivity index (χ2v) is 6.40. The number of hydrogen-bond donors (Lipinski definition) is 0. The van der Waals surface area contributed by atoms with Crippen molar-refractivity contribution in [3.8, 4) is 22.3 Å². The predicted octanol–water partition coefficient (Wildman–Crippen LogP) is 5.82. The van der Waals surface area contributed by atoms with Crippen molar-refractivity contribution in [2.75, 3.05) is 0 Å². The van der Waals surface area contributed by atoms with Crippen LogP contribution in [0.3, 0.4) is 0 Å². The number of carbonyl (C=O) groups is 1. The Labute approximate surface area is 153 Å². The van der Waals surface area contributed by atoms with Gasteiger partial charge in [-0.15, -0.1) is 0 Å². The highest BCUT2D eigenvalue weighted by Crippen LogP contribution is 2.33. The van der Waals surface area contributed by atoms with Crippen LogP contribution in [0.1, 0.15) is 15.9 Å². The van der Waals surface area contributed by atoms with Crippen LogP contribution in [0.2, 0.25) is 0 Å². The molecule has 0 N–H and O–H groups in total. The number of aromatic nitrogens is 1. The molecule has 0 radical (unpaired) electrons. The van der Waals surface area contributed by atoms with E-state index in [2.05, 4.69) is 24.3 Å². The standard InChI is InChI=1S/C24H19NO/c1-18-12-14-21(15-13-18)24(26)25-16-22(19-8-4-2-5-9-19)23(17-25)20-10-6-3-7-11-20/h2-17H,1H3. The average molecular weight is 337 g/mol. The fourth-order valence-electron chi connectivity index (χ4n) is 3.11. The molecule has 4 aromatic rings. The molecule has 0 saturated carbocycles. The Morgan fingerprint density at radius 3 is 1.58 bits per heavy atom. The molecule has 4 rings (SSSR count). The summed E-state index contributed by atoms with van der Waals surface area (Å²) in [6.45, 7) is 2.02. The Kier molecular flexibility index (Phi) is 4.24. The molecule has 126 valence electrons. The lowest BCUT2D eigenvalue weighted by Gasteiger charge is -2.03. The van der Waals surface area contributed by atoms with Gasteiger partial charge in [-0.2, -0.15) is 0 Å². The van der Waals surface area contributed by atoms with E-state index in [-0.39, 0.29) is 5.91 Å². The van der Waals surface area contributed by atoms with Crippen molar-refractivity contribution in [3.05, 3.63) is 108 Å². The van der Waals surface area contributed by atoms with E-state index in [0.717, 1.165) is 27.8 Å². The van der Waals surface area contributed by atoms with E-state index in [0.29, 0.717) is 5.56 Å². The van der Waals surface area contributed by atoms with E-state index in [1.54, 1.807) is 4.57 Å². The second-order valence-electron chi connectivity index (χ2n) is 6.40. The summed E-state index contributed by atoms with van der Waals surface area (Å²) in [5, 5.41) is 0. The molecule has 0 unspecified atom stereocenters. The summed E-state index contributed by atoms with van der Waals surface area (Å²) in [6, 6.07) is 28.0. The van der Waals surface area contributed by atoms with Crippen LogP contribution in [-0.4, -0.2) is 10.5 Å². The van der Waals surface area contributed by atoms with Gasteiger partial charge < -0.3 is 0 Å². The van der Waals surface area contributed by atoms with Crippen LogP contribution >= 0.6 is 0 Å². The molecule has 26 heavy (non-hydrogen) atoms. The highest BCUT2D eigenvalue weighted by molar-refractivity contribution is 5.98. The van der Waals surface area contributed by atoms with Gasteiger partial charge in [0.1, 0.15) is 0 Å². The van der Waals surface area contributed by atoms with Crippen molar-refractivity contribution in [2.24, 2.45) is 0 Å². The monoisotopic (exact) mass is 337 g/mol. The lowest BCUT2D eigenvalue weighted by molar-refractivity contribution is 0.0960. The summed E-state index contributed by atoms with van der Waals surface area (Å²) in [4.78, 5) is 12.9. The molecule has 0 saturated heterocycles. The fourth-order valence-corrected chi connectivity index (χ4v) is 3.11. The number of aryl methyl sites for hydroxylation is 1. The molecular weight excluding hydrogens is 318 g/mol. The fraction of sp³-hybridized carbons (Fsp3) is 0.0417. The summed E-state index contributed by atoms with van der Waals surface area (Å²) in [7, 11) is 0. The smallest absolute Gasteiger partial charge is 0.261 e. The molecule has 2 nitrogen and oxygen atoms in total. The third kappa shape index (κ3) is 3.09. The van der Waals surface area contributed by atoms with Crippen LogP contribution in [0.4, 0.5) is 0 Å². The molecule has 2 heteroatoms. The summed E-state index contributed by atoms with van der Waals surface area (Å²) in [5.41, 5.74) is 6.13. The Morgan fingerprint density at radius 2 is 1.12 bits per heavy atom. The van der Waals surface area contributed by atoms with Gasteiger partial charge in [-0.1, -0.05) is 78.4 Å². The van der Waals surface area contributed by atoms with Gasteiger partial charge in [0.15, 0.2) is 0 Å². The SMILES string of the molecule is Cc1ccc(C(=O)n2cc(-c3ccccc3)c(-c3ccccc3)c2)cc1. The number of nitrogens with zero attached hydrogens (tertiary/aromatic N) is 1. The third-order valence-corrected chi connectivity index (χ3v) is 4.53. The average Bonchev–Trinajstić information content (AvgIpc) is 3.15. The van der Waals surface area contributed by atoms with Gasteiger partial charge in [-0.05, 0) is 30.2 Å². The molecule has 0 aliphatic rings. The molecule has 1 aromatic heterocycles. The van der Waals surface area contributed by atoms with Gasteiger partial charge in [0.2, 0.25) is 0 Å². The van der Waals surface area contributed by atoms with E-state index >= 15 is 0 Å². The minimum Gasteiger partial charge on any atom is -0.289 e. The first kappa shape index (κ1) is 16.1. The van der Waals surface area contributed by atoms with Crippen molar-refractivity contribution in [2.45, 2.75) is 6.92 Å². The van der Waals surface area contributed by atoms with E-state index in [4.69, 9.17) is 0 Å². The molecule has 0 aliphatic heterocycles. The number of rotatable bonds is 3. The maximum atomic E-state index is 12.9. The van der Waals surface area contributed by atoms with Crippen molar-refractivity contribution >= 4 is 5.91 Å². The van der Waals surface area contributed by atoms with Crippen molar-refractivity contribution in [3.63, 3.8) is 0 Å². The third-order valence-electron chi connectivity index (χ3n) is 4.53. The normalized spacial score (nSPS) is 10.7. The van der Waals surface area contributed by atoms with Gasteiger partial charge in [0, 0.05) is 29.1 Å². The molecule has 0 fully saturated rings. The Hall–Kier alpha value is -3.39. The molecule has 1 heterocycles. The minimum atomic E-state index is -0.0237. The zero-order chi connectivity index (χ0) is 17.9. The quantitative estimate of drug-likeness (QED) is 0.462. The molecule has 0 aliphatic carbocycles. The van der Waals surface area contributed by atoms with Crippen LogP contribution in [0.15, 0.2) is 97.3 Å². The summed E-state index contributed by atoms with van der Waals surface area (Å²) >= 11 is 0. The van der Waals surface area contributed by atoms with Gasteiger partial charge >= 0.3 is 0 Å². The predicted molar refractivity (Wildman–Crippen MR) is 106 cm³/mol. The first-order valence-electron chi connectivity index (χ1n) is 8.66. The molecule has 0 amide bonds. The van der Waals surface area contributed by atoms with Gasteiger partial charge in [0.05, 0.1) is 0 Å². The van der Waals surface area contributed by atoms with E-state index in [9.17, 15) is 4.79 Å². The van der Waals surface area contributed by atoms with Crippen molar-refractivity contribution in [1.82, 2.24) is 4.57 Å². The summed E-state index contributed by atoms with van der Waals surface area (Å²) in [5.74, 6) is -0.0237. The number of benzene rings is 3. The molecular formula is C24H19NO. The van der Waals surface area contributed by atoms with Gasteiger partial charge in [0.25, 0.3) is 5.91 Å². The summed E-state index contributed by atoms with van der Waals surface area (Å²) in [6.07, 6.45) is 3.86. The topological polar surface area (TPSA) is 22.0 Å². The van der Waals surface area contributed by atoms with Gasteiger partial charge in [-0.3, -0.25) is 9.36 Å². The Morgan fingerprint density at radius 1 is 0.654 bits per heavy atom. The van der Waals surface area contributed by atoms with Crippen LogP contribution < -0.4 is 0 Å². The molecule has 0 spiro atoms. The number of hydrogen-bond acceptors (Lipinski definition) is 1. The van der Waals surface area contributed by atoms with E-state index in [1.807, 2.05) is 80.0 Å². The zero-order valence-electron chi connectivity index (χ0n) is 14.6. The van der Waals surface area contributed by atoms with E-state index in [1.165, 1.54) is 0 Å². The van der Waals surface area contributed by atoms with Crippen LogP contribution in [0, 0.1) is 6.92 Å². The zero-order valence-corrected chi connectivity index (χ0v) is 14.6. The second kappa shape index (κ2) is 6.85. The highest BCUT2D eigenvalue weighted by Gasteiger charge is 2.15. The lowest BCUT2D eigenvalue weighted by Crippen LogP contribution is -2.09. The van der Waals surface area contributed by atoms with Crippen LogP contribution in [0.5, 0.6) is 0 Å². The first-order chi connectivity index (χ1) is 12.7. The maximum absolute atomic E-state index is 12.9. The van der Waals surface area contributed by atoms with Crippen molar-refractivity contribution < 1.29 is 4.79 Å². The van der Waals surface area contributed by atoms with Crippen molar-refractivity contribution in [1.29, 1.82) is 0 Å². The van der Waals surface area contributed by atoms with Crippen LogP contribution in [0.25, 0.3) is 22.3 Å². The largest absolute Gasteiger partial charge is 0.289 e.